The van der Waals surface area contributed by atoms with Gasteiger partial charge in [-0.3, -0.25) is 9.59 Å². The van der Waals surface area contributed by atoms with Crippen molar-refractivity contribution >= 4 is 11.9 Å². The lowest BCUT2D eigenvalue weighted by molar-refractivity contribution is -0.138. The number of nitrogens with two attached hydrogens (primary N) is 1. The first-order valence-corrected chi connectivity index (χ1v) is 5.82. The highest BCUT2D eigenvalue weighted by Crippen LogP contribution is 2.14. The molecule has 0 radical (unpaired) electrons. The highest BCUT2D eigenvalue weighted by Gasteiger charge is 2.15. The molecule has 5 nitrogen and oxygen atoms in total. The minimum atomic E-state index is -0.831. The third-order valence-corrected chi connectivity index (χ3v) is 2.24. The summed E-state index contributed by atoms with van der Waals surface area (Å²) in [4.78, 5) is 21.9. The molecule has 1 atom stereocenters. The van der Waals surface area contributed by atoms with Gasteiger partial charge in [0.25, 0.3) is 0 Å². The fourth-order valence-corrected chi connectivity index (χ4v) is 1.63. The van der Waals surface area contributed by atoms with Crippen LogP contribution in [0.5, 0.6) is 0 Å². The number of nitrogens with one attached hydrogen (secondary N) is 1. The van der Waals surface area contributed by atoms with Crippen LogP contribution < -0.4 is 11.1 Å². The molecule has 1 amide bonds. The number of carbonyl (C=O) groups is 2. The number of amides is 1. The maximum Gasteiger partial charge on any atom is 0.303 e. The second-order valence-corrected chi connectivity index (χ2v) is 4.48. The standard InChI is InChI=1S/C12H22N2O3/c1-9(2)6-10(7-12(16)17)8-14-11(15)4-3-5-13/h3-4,9-10H,5-8,13H2,1-2H3,(H,14,15)(H,16,17)/b4-3+/t10-/m0/s1. The molecule has 0 heterocycles. The minimum absolute atomic E-state index is 0.0253. The third-order valence-electron chi connectivity index (χ3n) is 2.24. The van der Waals surface area contributed by atoms with Gasteiger partial charge in [-0.1, -0.05) is 19.9 Å². The van der Waals surface area contributed by atoms with Gasteiger partial charge in [0.15, 0.2) is 0 Å². The molecule has 0 fully saturated rings. The summed E-state index contributed by atoms with van der Waals surface area (Å²) in [6.07, 6.45) is 3.80. The van der Waals surface area contributed by atoms with E-state index < -0.39 is 5.97 Å². The Balaban J connectivity index is 4.10. The van der Waals surface area contributed by atoms with Crippen LogP contribution in [0, 0.1) is 11.8 Å². The van der Waals surface area contributed by atoms with E-state index in [4.69, 9.17) is 10.8 Å². The molecule has 17 heavy (non-hydrogen) atoms. The molecule has 0 spiro atoms. The van der Waals surface area contributed by atoms with E-state index in [1.54, 1.807) is 6.08 Å². The summed E-state index contributed by atoms with van der Waals surface area (Å²) in [7, 11) is 0. The maximum atomic E-state index is 11.3. The van der Waals surface area contributed by atoms with Crippen LogP contribution in [0.1, 0.15) is 26.7 Å². The average Bonchev–Trinajstić information content (AvgIpc) is 2.21. The van der Waals surface area contributed by atoms with Crippen molar-refractivity contribution in [2.24, 2.45) is 17.6 Å². The zero-order valence-corrected chi connectivity index (χ0v) is 10.5. The average molecular weight is 242 g/mol. The first-order valence-electron chi connectivity index (χ1n) is 5.82. The number of carboxylic acids is 1. The zero-order chi connectivity index (χ0) is 13.3. The summed E-state index contributed by atoms with van der Waals surface area (Å²) in [6.45, 7) is 4.77. The fraction of sp³-hybridized carbons (Fsp3) is 0.667. The monoisotopic (exact) mass is 242 g/mol. The zero-order valence-electron chi connectivity index (χ0n) is 10.5. The SMILES string of the molecule is CC(C)C[C@H](CNC(=O)/C=C/CN)CC(=O)O. The lowest BCUT2D eigenvalue weighted by Gasteiger charge is -2.17. The van der Waals surface area contributed by atoms with Crippen molar-refractivity contribution in [3.63, 3.8) is 0 Å². The molecule has 0 aliphatic heterocycles. The van der Waals surface area contributed by atoms with Crippen molar-refractivity contribution in [1.29, 1.82) is 0 Å². The number of carbonyl (C=O) groups excluding carboxylic acids is 1. The van der Waals surface area contributed by atoms with Gasteiger partial charge < -0.3 is 16.2 Å². The number of carboxylic acid groups (broad SMARTS) is 1. The number of rotatable bonds is 8. The molecule has 5 heteroatoms. The first-order chi connectivity index (χ1) is 7.95. The molecular formula is C12H22N2O3. The van der Waals surface area contributed by atoms with Crippen LogP contribution in [0.25, 0.3) is 0 Å². The lowest BCUT2D eigenvalue weighted by Crippen LogP contribution is -2.30. The fourth-order valence-electron chi connectivity index (χ4n) is 1.63. The lowest BCUT2D eigenvalue weighted by atomic mass is 9.94. The van der Waals surface area contributed by atoms with E-state index in [1.807, 2.05) is 13.8 Å². The summed E-state index contributed by atoms with van der Waals surface area (Å²) in [6, 6.07) is 0. The first kappa shape index (κ1) is 15.6. The second kappa shape index (κ2) is 8.75. The largest absolute Gasteiger partial charge is 0.481 e. The smallest absolute Gasteiger partial charge is 0.303 e. The van der Waals surface area contributed by atoms with E-state index in [1.165, 1.54) is 6.08 Å². The predicted molar refractivity (Wildman–Crippen MR) is 66.4 cm³/mol. The highest BCUT2D eigenvalue weighted by atomic mass is 16.4. The van der Waals surface area contributed by atoms with Gasteiger partial charge in [0.05, 0.1) is 0 Å². The Morgan fingerprint density at radius 3 is 2.53 bits per heavy atom. The molecule has 0 saturated carbocycles. The van der Waals surface area contributed by atoms with E-state index in [-0.39, 0.29) is 18.2 Å². The maximum absolute atomic E-state index is 11.3. The topological polar surface area (TPSA) is 92.4 Å². The Morgan fingerprint density at radius 2 is 2.06 bits per heavy atom. The van der Waals surface area contributed by atoms with Crippen LogP contribution in [0.15, 0.2) is 12.2 Å². The van der Waals surface area contributed by atoms with E-state index in [2.05, 4.69) is 5.32 Å². The normalized spacial score (nSPS) is 12.9. The van der Waals surface area contributed by atoms with Gasteiger partial charge in [0.1, 0.15) is 0 Å². The molecule has 0 aromatic heterocycles. The molecule has 0 aliphatic carbocycles. The van der Waals surface area contributed by atoms with Gasteiger partial charge in [0.2, 0.25) is 5.91 Å². The molecule has 0 aromatic carbocycles. The molecule has 98 valence electrons. The Labute approximate surface area is 102 Å². The Morgan fingerprint density at radius 1 is 1.41 bits per heavy atom. The van der Waals surface area contributed by atoms with E-state index in [0.29, 0.717) is 19.0 Å². The van der Waals surface area contributed by atoms with Gasteiger partial charge in [-0.05, 0) is 18.3 Å². The summed E-state index contributed by atoms with van der Waals surface area (Å²) >= 11 is 0. The summed E-state index contributed by atoms with van der Waals surface area (Å²) in [5.41, 5.74) is 5.22. The number of aliphatic carboxylic acids is 1. The van der Waals surface area contributed by atoms with Crippen LogP contribution in [-0.4, -0.2) is 30.1 Å². The summed E-state index contributed by atoms with van der Waals surface area (Å²) in [5.74, 6) is -0.671. The summed E-state index contributed by atoms with van der Waals surface area (Å²) < 4.78 is 0. The molecule has 0 aromatic rings. The molecule has 0 bridgehead atoms. The van der Waals surface area contributed by atoms with Crippen LogP contribution in [0.2, 0.25) is 0 Å². The Hall–Kier alpha value is -1.36. The predicted octanol–water partition coefficient (Wildman–Crippen LogP) is 0.755. The quantitative estimate of drug-likeness (QED) is 0.548. The van der Waals surface area contributed by atoms with Crippen LogP contribution in [0.3, 0.4) is 0 Å². The Bertz CT molecular complexity index is 275. The Kier molecular flexibility index (Phi) is 8.05. The number of hydrogen-bond acceptors (Lipinski definition) is 3. The van der Waals surface area contributed by atoms with Crippen LogP contribution in [-0.2, 0) is 9.59 Å². The van der Waals surface area contributed by atoms with Crippen molar-refractivity contribution in [2.45, 2.75) is 26.7 Å². The van der Waals surface area contributed by atoms with Crippen LogP contribution >= 0.6 is 0 Å². The van der Waals surface area contributed by atoms with Crippen molar-refractivity contribution in [3.8, 4) is 0 Å². The number of hydrogen-bond donors (Lipinski definition) is 3. The molecular weight excluding hydrogens is 220 g/mol. The third kappa shape index (κ3) is 9.56. The van der Waals surface area contributed by atoms with Gasteiger partial charge in [-0.2, -0.15) is 0 Å². The van der Waals surface area contributed by atoms with Crippen LogP contribution in [0.4, 0.5) is 0 Å². The van der Waals surface area contributed by atoms with E-state index in [9.17, 15) is 9.59 Å². The van der Waals surface area contributed by atoms with Gasteiger partial charge in [-0.15, -0.1) is 0 Å². The van der Waals surface area contributed by atoms with Gasteiger partial charge >= 0.3 is 5.97 Å². The molecule has 0 aliphatic rings. The summed E-state index contributed by atoms with van der Waals surface area (Å²) in [5, 5.41) is 11.4. The molecule has 0 rings (SSSR count). The minimum Gasteiger partial charge on any atom is -0.481 e. The second-order valence-electron chi connectivity index (χ2n) is 4.48. The van der Waals surface area contributed by atoms with Crippen molar-refractivity contribution in [1.82, 2.24) is 5.32 Å². The van der Waals surface area contributed by atoms with Crippen molar-refractivity contribution < 1.29 is 14.7 Å². The highest BCUT2D eigenvalue weighted by molar-refractivity contribution is 5.87. The van der Waals surface area contributed by atoms with E-state index in [0.717, 1.165) is 6.42 Å². The van der Waals surface area contributed by atoms with Gasteiger partial charge in [-0.25, -0.2) is 0 Å². The van der Waals surface area contributed by atoms with Crippen molar-refractivity contribution in [3.05, 3.63) is 12.2 Å². The van der Waals surface area contributed by atoms with Crippen molar-refractivity contribution in [2.75, 3.05) is 13.1 Å². The van der Waals surface area contributed by atoms with E-state index >= 15 is 0 Å². The van der Waals surface area contributed by atoms with Gasteiger partial charge in [0, 0.05) is 25.6 Å². The molecule has 0 unspecified atom stereocenters. The molecule has 0 saturated heterocycles. The molecule has 4 N–H and O–H groups in total.